The molecular weight excluding hydrogens is 625 g/mol. The number of fused-ring (bicyclic) bond motifs is 1. The summed E-state index contributed by atoms with van der Waals surface area (Å²) in [6.45, 7) is 5.35. The summed E-state index contributed by atoms with van der Waals surface area (Å²) in [6.07, 6.45) is -6.66. The topological polar surface area (TPSA) is 94.0 Å². The van der Waals surface area contributed by atoms with Gasteiger partial charge in [-0.25, -0.2) is 4.98 Å². The van der Waals surface area contributed by atoms with Gasteiger partial charge in [-0.1, -0.05) is 23.7 Å². The number of aromatic nitrogens is 2. The van der Waals surface area contributed by atoms with Gasteiger partial charge >= 0.3 is 6.18 Å². The number of hydrogen-bond donors (Lipinski definition) is 0. The molecule has 0 unspecified atom stereocenters. The van der Waals surface area contributed by atoms with Gasteiger partial charge in [-0.3, -0.25) is 23.9 Å². The van der Waals surface area contributed by atoms with E-state index in [-0.39, 0.29) is 42.2 Å². The summed E-state index contributed by atoms with van der Waals surface area (Å²) < 4.78 is 52.1. The highest BCUT2D eigenvalue weighted by atomic mass is 35.5. The van der Waals surface area contributed by atoms with Crippen LogP contribution in [0, 0.1) is 0 Å². The molecule has 9 nitrogen and oxygen atoms in total. The van der Waals surface area contributed by atoms with Gasteiger partial charge in [0.25, 0.3) is 11.5 Å². The lowest BCUT2D eigenvalue weighted by atomic mass is 10.1. The lowest BCUT2D eigenvalue weighted by molar-refractivity contribution is -0.135. The molecule has 1 aliphatic heterocycles. The maximum atomic E-state index is 14.0. The van der Waals surface area contributed by atoms with Crippen molar-refractivity contribution in [2.75, 3.05) is 32.8 Å². The fourth-order valence-corrected chi connectivity index (χ4v) is 5.29. The second-order valence-corrected chi connectivity index (χ2v) is 11.6. The zero-order valence-electron chi connectivity index (χ0n) is 25.2. The molecule has 0 radical (unpaired) electrons. The number of carbonyl (C=O) groups is 2. The summed E-state index contributed by atoms with van der Waals surface area (Å²) in [5, 5.41) is 0.859. The third-order valence-electron chi connectivity index (χ3n) is 7.36. The molecule has 0 saturated carbocycles. The van der Waals surface area contributed by atoms with Crippen LogP contribution in [0.1, 0.15) is 36.5 Å². The van der Waals surface area contributed by atoms with Gasteiger partial charge in [-0.2, -0.15) is 13.2 Å². The fourth-order valence-electron chi connectivity index (χ4n) is 5.16. The van der Waals surface area contributed by atoms with Crippen LogP contribution in [0.2, 0.25) is 5.02 Å². The molecule has 3 aromatic carbocycles. The Morgan fingerprint density at radius 2 is 1.67 bits per heavy atom. The Kier molecular flexibility index (Phi) is 9.97. The van der Waals surface area contributed by atoms with Gasteiger partial charge in [0.05, 0.1) is 29.2 Å². The van der Waals surface area contributed by atoms with Crippen molar-refractivity contribution in [3.05, 3.63) is 93.5 Å². The fraction of sp³-hybridized carbons (Fsp3) is 0.333. The van der Waals surface area contributed by atoms with Crippen molar-refractivity contribution in [1.29, 1.82) is 0 Å². The molecule has 0 aliphatic carbocycles. The Balaban J connectivity index is 1.42. The van der Waals surface area contributed by atoms with Gasteiger partial charge in [0, 0.05) is 36.8 Å². The number of benzene rings is 3. The summed E-state index contributed by atoms with van der Waals surface area (Å²) in [5.74, 6) is -0.249. The number of Topliss-reactive ketones (excluding diaryl/α,β-unsaturated/α-hetero) is 1. The van der Waals surface area contributed by atoms with Gasteiger partial charge in [-0.15, -0.1) is 0 Å². The van der Waals surface area contributed by atoms with E-state index < -0.39 is 23.9 Å². The van der Waals surface area contributed by atoms with E-state index in [4.69, 9.17) is 26.1 Å². The minimum Gasteiger partial charge on any atom is -0.489 e. The summed E-state index contributed by atoms with van der Waals surface area (Å²) in [4.78, 5) is 47.9. The zero-order chi connectivity index (χ0) is 33.0. The summed E-state index contributed by atoms with van der Waals surface area (Å²) in [7, 11) is 0. The van der Waals surface area contributed by atoms with Crippen LogP contribution in [-0.2, 0) is 11.3 Å². The lowest BCUT2D eigenvalue weighted by Crippen LogP contribution is -2.50. The average molecular weight is 657 g/mol. The van der Waals surface area contributed by atoms with Crippen LogP contribution in [0.25, 0.3) is 16.6 Å². The van der Waals surface area contributed by atoms with E-state index in [0.717, 1.165) is 0 Å². The molecule has 5 rings (SSSR count). The van der Waals surface area contributed by atoms with Crippen molar-refractivity contribution in [3.8, 4) is 17.2 Å². The first-order chi connectivity index (χ1) is 21.9. The molecule has 0 spiro atoms. The summed E-state index contributed by atoms with van der Waals surface area (Å²) in [5.41, 5.74) is -0.0964. The molecule has 1 saturated heterocycles. The van der Waals surface area contributed by atoms with Crippen molar-refractivity contribution in [2.24, 2.45) is 0 Å². The molecule has 0 N–H and O–H groups in total. The molecule has 1 aliphatic rings. The predicted molar refractivity (Wildman–Crippen MR) is 167 cm³/mol. The van der Waals surface area contributed by atoms with Gasteiger partial charge in [-0.05, 0) is 68.4 Å². The third-order valence-corrected chi connectivity index (χ3v) is 7.61. The van der Waals surface area contributed by atoms with E-state index in [2.05, 4.69) is 0 Å². The quantitative estimate of drug-likeness (QED) is 0.203. The van der Waals surface area contributed by atoms with Gasteiger partial charge < -0.3 is 14.4 Å². The highest BCUT2D eigenvalue weighted by Crippen LogP contribution is 2.29. The first-order valence-electron chi connectivity index (χ1n) is 14.7. The summed E-state index contributed by atoms with van der Waals surface area (Å²) >= 11 is 5.90. The number of alkyl halides is 3. The molecule has 1 amide bonds. The van der Waals surface area contributed by atoms with Gasteiger partial charge in [0.15, 0.2) is 12.4 Å². The van der Waals surface area contributed by atoms with Crippen molar-refractivity contribution in [2.45, 2.75) is 39.1 Å². The average Bonchev–Trinajstić information content (AvgIpc) is 3.00. The van der Waals surface area contributed by atoms with E-state index in [1.165, 1.54) is 22.8 Å². The standard InChI is InChI=1S/C33H32ClF3N4O5/c1-21(2)46-29-12-7-22(28(42)18-33(35,36)37)17-27(29)41-30(38-26-6-4-3-5-25(26)32(41)44)19-39-13-15-40(16-14-39)31(43)20-45-24-10-8-23(34)9-11-24/h3-12,17,21H,13-16,18-20H2,1-2H3. The van der Waals surface area contributed by atoms with Crippen LogP contribution >= 0.6 is 11.6 Å². The molecule has 0 atom stereocenters. The Morgan fingerprint density at radius 1 is 0.978 bits per heavy atom. The predicted octanol–water partition coefficient (Wildman–Crippen LogP) is 5.68. The minimum absolute atomic E-state index is 0.119. The van der Waals surface area contributed by atoms with Crippen LogP contribution < -0.4 is 15.0 Å². The van der Waals surface area contributed by atoms with E-state index in [0.29, 0.717) is 53.7 Å². The van der Waals surface area contributed by atoms with Gasteiger partial charge in [0.1, 0.15) is 23.7 Å². The van der Waals surface area contributed by atoms with Crippen molar-refractivity contribution < 1.29 is 32.2 Å². The third kappa shape index (κ3) is 8.04. The first kappa shape index (κ1) is 33.0. The second kappa shape index (κ2) is 13.9. The summed E-state index contributed by atoms with van der Waals surface area (Å²) in [6, 6.07) is 17.4. The molecule has 13 heteroatoms. The number of amides is 1. The van der Waals surface area contributed by atoms with E-state index in [1.54, 1.807) is 67.3 Å². The Bertz CT molecular complexity index is 1790. The smallest absolute Gasteiger partial charge is 0.396 e. The van der Waals surface area contributed by atoms with E-state index in [9.17, 15) is 27.6 Å². The Labute approximate surface area is 268 Å². The largest absolute Gasteiger partial charge is 0.489 e. The molecule has 4 aromatic rings. The van der Waals surface area contributed by atoms with Crippen LogP contribution in [0.15, 0.2) is 71.5 Å². The van der Waals surface area contributed by atoms with E-state index >= 15 is 0 Å². The van der Waals surface area contributed by atoms with Gasteiger partial charge in [0.2, 0.25) is 0 Å². The monoisotopic (exact) mass is 656 g/mol. The lowest BCUT2D eigenvalue weighted by Gasteiger charge is -2.34. The number of para-hydroxylation sites is 1. The number of ketones is 1. The first-order valence-corrected chi connectivity index (χ1v) is 15.1. The zero-order valence-corrected chi connectivity index (χ0v) is 26.0. The normalized spacial score (nSPS) is 14.1. The number of nitrogens with zero attached hydrogens (tertiary/aromatic N) is 4. The molecule has 1 aromatic heterocycles. The molecule has 0 bridgehead atoms. The highest BCUT2D eigenvalue weighted by molar-refractivity contribution is 6.30. The van der Waals surface area contributed by atoms with Crippen LogP contribution in [0.5, 0.6) is 11.5 Å². The van der Waals surface area contributed by atoms with Crippen LogP contribution in [0.4, 0.5) is 13.2 Å². The number of hydrogen-bond acceptors (Lipinski definition) is 7. The SMILES string of the molecule is CC(C)Oc1ccc(C(=O)CC(F)(F)F)cc1-n1c(CN2CCN(C(=O)COc3ccc(Cl)cc3)CC2)nc2ccccc2c1=O. The number of carbonyl (C=O) groups excluding carboxylic acids is 2. The number of halogens is 4. The van der Waals surface area contributed by atoms with Crippen molar-refractivity contribution in [1.82, 2.24) is 19.4 Å². The molecule has 1 fully saturated rings. The maximum absolute atomic E-state index is 14.0. The minimum atomic E-state index is -4.69. The second-order valence-electron chi connectivity index (χ2n) is 11.1. The molecule has 242 valence electrons. The van der Waals surface area contributed by atoms with Crippen LogP contribution in [-0.4, -0.2) is 76.1 Å². The Morgan fingerprint density at radius 3 is 2.35 bits per heavy atom. The molecule has 46 heavy (non-hydrogen) atoms. The van der Waals surface area contributed by atoms with Crippen molar-refractivity contribution in [3.63, 3.8) is 0 Å². The van der Waals surface area contributed by atoms with Crippen molar-refractivity contribution >= 4 is 34.2 Å². The number of ether oxygens (including phenoxy) is 2. The number of piperazine rings is 1. The number of rotatable bonds is 10. The molecular formula is C33H32ClF3N4O5. The Hall–Kier alpha value is -4.42. The highest BCUT2D eigenvalue weighted by Gasteiger charge is 2.32. The molecule has 2 heterocycles. The van der Waals surface area contributed by atoms with Crippen LogP contribution in [0.3, 0.4) is 0 Å². The van der Waals surface area contributed by atoms with E-state index in [1.807, 2.05) is 4.90 Å². The maximum Gasteiger partial charge on any atom is 0.396 e.